The van der Waals surface area contributed by atoms with E-state index in [1.807, 2.05) is 0 Å². The van der Waals surface area contributed by atoms with Crippen molar-refractivity contribution in [2.45, 2.75) is 67.2 Å². The predicted molar refractivity (Wildman–Crippen MR) is 223 cm³/mol. The molecular weight excluding hydrogens is 605 g/mol. The van der Waals surface area contributed by atoms with Crippen LogP contribution in [0.1, 0.15) is 67.2 Å². The third-order valence-corrected chi connectivity index (χ3v) is 8.45. The summed E-state index contributed by atoms with van der Waals surface area (Å²) in [7, 11) is 0. The van der Waals surface area contributed by atoms with Crippen LogP contribution >= 0.6 is 0 Å². The highest BCUT2D eigenvalue weighted by atomic mass is 15.2. The fourth-order valence-corrected chi connectivity index (χ4v) is 5.62. The van der Waals surface area contributed by atoms with E-state index in [1.54, 1.807) is 0 Å². The van der Waals surface area contributed by atoms with Crippen molar-refractivity contribution in [2.75, 3.05) is 11.4 Å². The number of nitrogens with zero attached hydrogens (tertiary/aromatic N) is 2. The van der Waals surface area contributed by atoms with Crippen molar-refractivity contribution >= 4 is 17.8 Å². The van der Waals surface area contributed by atoms with E-state index in [2.05, 4.69) is 216 Å². The van der Waals surface area contributed by atoms with Crippen molar-refractivity contribution < 1.29 is 0 Å². The lowest BCUT2D eigenvalue weighted by Crippen LogP contribution is -2.27. The Morgan fingerprint density at radius 1 is 0.840 bits per heavy atom. The second kappa shape index (κ2) is 21.8. The van der Waals surface area contributed by atoms with E-state index in [0.717, 1.165) is 53.9 Å². The van der Waals surface area contributed by atoms with Crippen molar-refractivity contribution in [3.05, 3.63) is 197 Å². The maximum Gasteiger partial charge on any atom is 0.0458 e. The molecule has 0 amide bonds. The molecule has 0 fully saturated rings. The zero-order chi connectivity index (χ0) is 36.1. The molecule has 0 saturated carbocycles. The van der Waals surface area contributed by atoms with Gasteiger partial charge in [-0.3, -0.25) is 0 Å². The Morgan fingerprint density at radius 2 is 1.56 bits per heavy atom. The quantitative estimate of drug-likeness (QED) is 0.175. The van der Waals surface area contributed by atoms with Crippen molar-refractivity contribution in [2.24, 2.45) is 5.92 Å². The summed E-state index contributed by atoms with van der Waals surface area (Å²) in [6, 6.07) is 19.2. The molecule has 1 aliphatic carbocycles. The van der Waals surface area contributed by atoms with E-state index in [1.165, 1.54) is 21.8 Å². The Hall–Kier alpha value is -5.08. The van der Waals surface area contributed by atoms with Gasteiger partial charge in [-0.15, -0.1) is 0 Å². The van der Waals surface area contributed by atoms with Gasteiger partial charge in [-0.2, -0.15) is 0 Å². The zero-order valence-corrected chi connectivity index (χ0v) is 31.4. The van der Waals surface area contributed by atoms with Crippen LogP contribution in [0.25, 0.3) is 12.2 Å². The van der Waals surface area contributed by atoms with Gasteiger partial charge in [0.05, 0.1) is 0 Å². The molecule has 0 bridgehead atoms. The molecule has 1 unspecified atom stereocenters. The molecule has 0 spiro atoms. The number of benzene rings is 2. The van der Waals surface area contributed by atoms with Crippen molar-refractivity contribution in [1.29, 1.82) is 0 Å². The first-order valence-electron chi connectivity index (χ1n) is 18.2. The van der Waals surface area contributed by atoms with Crippen LogP contribution in [0.15, 0.2) is 187 Å². The topological polar surface area (TPSA) is 6.48 Å². The Bertz CT molecular complexity index is 1820. The Balaban J connectivity index is 1.94. The van der Waals surface area contributed by atoms with Gasteiger partial charge in [-0.05, 0) is 103 Å². The predicted octanol–water partition coefficient (Wildman–Crippen LogP) is 11.8. The van der Waals surface area contributed by atoms with E-state index >= 15 is 0 Å². The second-order valence-corrected chi connectivity index (χ2v) is 12.4. The van der Waals surface area contributed by atoms with Gasteiger partial charge < -0.3 is 9.80 Å². The molecule has 2 nitrogen and oxygen atoms in total. The van der Waals surface area contributed by atoms with Gasteiger partial charge in [-0.1, -0.05) is 156 Å². The normalized spacial score (nSPS) is 18.0. The molecule has 2 heteroatoms. The van der Waals surface area contributed by atoms with Gasteiger partial charge in [0.2, 0.25) is 0 Å². The van der Waals surface area contributed by atoms with Crippen LogP contribution in [-0.2, 0) is 0 Å². The Morgan fingerprint density at radius 3 is 2.24 bits per heavy atom. The highest BCUT2D eigenvalue weighted by molar-refractivity contribution is 5.61. The van der Waals surface area contributed by atoms with Gasteiger partial charge in [-0.25, -0.2) is 0 Å². The largest absolute Gasteiger partial charge is 0.338 e. The Labute approximate surface area is 303 Å². The maximum atomic E-state index is 4.51. The lowest BCUT2D eigenvalue weighted by atomic mass is 10.1. The summed E-state index contributed by atoms with van der Waals surface area (Å²) in [6.45, 7) is 22.6. The summed E-state index contributed by atoms with van der Waals surface area (Å²) < 4.78 is 0. The summed E-state index contributed by atoms with van der Waals surface area (Å²) in [5.41, 5.74) is 7.62. The summed E-state index contributed by atoms with van der Waals surface area (Å²) >= 11 is 0. The van der Waals surface area contributed by atoms with E-state index < -0.39 is 0 Å². The molecular formula is C48H58N2. The standard InChI is InChI=1S/C48H58N2/c1-9-22-43-26-20-21-27-44(43)37-38-49(46(23-10-2)24-11-3)42(8)34-32-40(6)41(7)33-36-45(12-4)50(47-28-18-15-19-29-47)48-30-17-14-13-16-25-39(5)31-35-48/h10,13-16,18-37,39H,6,8-9,11-12,17,38H2,1-5,7H3/b14-13-,23-10-,25-16-,34-32-,35-31?,41-33+,43-22-,44-37-,45-36+,46-24+,48-30?. The van der Waals surface area contributed by atoms with Crippen molar-refractivity contribution in [1.82, 2.24) is 4.90 Å². The minimum absolute atomic E-state index is 0.343. The van der Waals surface area contributed by atoms with Crippen LogP contribution in [0.2, 0.25) is 0 Å². The van der Waals surface area contributed by atoms with Crippen molar-refractivity contribution in [3.63, 3.8) is 0 Å². The molecule has 1 aliphatic rings. The molecule has 260 valence electrons. The third-order valence-electron chi connectivity index (χ3n) is 8.45. The summed E-state index contributed by atoms with van der Waals surface area (Å²) in [4.78, 5) is 4.65. The summed E-state index contributed by atoms with van der Waals surface area (Å²) in [6.07, 6.45) is 38.9. The monoisotopic (exact) mass is 662 g/mol. The lowest BCUT2D eigenvalue weighted by molar-refractivity contribution is 0.514. The van der Waals surface area contributed by atoms with E-state index in [4.69, 9.17) is 0 Å². The molecule has 50 heavy (non-hydrogen) atoms. The van der Waals surface area contributed by atoms with E-state index in [9.17, 15) is 0 Å². The van der Waals surface area contributed by atoms with Crippen LogP contribution in [0.3, 0.4) is 0 Å². The number of rotatable bonds is 15. The number of allylic oxidation sites excluding steroid dienone is 17. The first-order chi connectivity index (χ1) is 24.3. The van der Waals surface area contributed by atoms with Crippen LogP contribution in [0, 0.1) is 5.92 Å². The fraction of sp³-hybridized carbons (Fsp3) is 0.250. The number of hydrogen-bond donors (Lipinski definition) is 0. The number of hydrogen-bond acceptors (Lipinski definition) is 2. The van der Waals surface area contributed by atoms with Gasteiger partial charge in [0.15, 0.2) is 0 Å². The SMILES string of the molecule is C=C(/C=C\C(=C)N(C/C=c1/cccc/c1=C/CC)C(/C=C\C)=C/CC)/C(C)=C/C=C(\CC)N(C1=CC/C=C\C=C/C(C)C=C1)c1ccccc1. The van der Waals surface area contributed by atoms with Crippen molar-refractivity contribution in [3.8, 4) is 0 Å². The van der Waals surface area contributed by atoms with E-state index in [-0.39, 0.29) is 0 Å². The molecule has 0 aliphatic heterocycles. The Kier molecular flexibility index (Phi) is 17.2. The molecule has 0 radical (unpaired) electrons. The van der Waals surface area contributed by atoms with Crippen LogP contribution in [0.5, 0.6) is 0 Å². The minimum atomic E-state index is 0.343. The number of anilines is 1. The molecule has 0 aromatic heterocycles. The summed E-state index contributed by atoms with van der Waals surface area (Å²) in [5, 5.41) is 2.50. The molecule has 0 saturated heterocycles. The summed E-state index contributed by atoms with van der Waals surface area (Å²) in [5.74, 6) is 0.343. The molecule has 2 aromatic carbocycles. The molecule has 2 aromatic rings. The van der Waals surface area contributed by atoms with Crippen LogP contribution in [0.4, 0.5) is 5.69 Å². The second-order valence-electron chi connectivity index (χ2n) is 12.4. The minimum Gasteiger partial charge on any atom is -0.338 e. The maximum absolute atomic E-state index is 4.51. The number of para-hydroxylation sites is 1. The highest BCUT2D eigenvalue weighted by Gasteiger charge is 2.14. The average molecular weight is 663 g/mol. The lowest BCUT2D eigenvalue weighted by Gasteiger charge is -2.29. The van der Waals surface area contributed by atoms with Crippen LogP contribution < -0.4 is 15.3 Å². The first kappa shape index (κ1) is 39.4. The highest BCUT2D eigenvalue weighted by Crippen LogP contribution is 2.28. The smallest absolute Gasteiger partial charge is 0.0458 e. The van der Waals surface area contributed by atoms with Gasteiger partial charge in [0.25, 0.3) is 0 Å². The fourth-order valence-electron chi connectivity index (χ4n) is 5.62. The zero-order valence-electron chi connectivity index (χ0n) is 31.4. The van der Waals surface area contributed by atoms with E-state index in [0.29, 0.717) is 12.5 Å². The molecule has 3 rings (SSSR count). The van der Waals surface area contributed by atoms with Crippen LogP contribution in [-0.4, -0.2) is 11.4 Å². The molecule has 0 N–H and O–H groups in total. The van der Waals surface area contributed by atoms with Gasteiger partial charge in [0.1, 0.15) is 0 Å². The molecule has 1 atom stereocenters. The van der Waals surface area contributed by atoms with Gasteiger partial charge in [0, 0.05) is 35.0 Å². The third kappa shape index (κ3) is 12.4. The molecule has 0 heterocycles. The van der Waals surface area contributed by atoms with Gasteiger partial charge >= 0.3 is 0 Å². The first-order valence-corrected chi connectivity index (χ1v) is 18.2. The average Bonchev–Trinajstić information content (AvgIpc) is 3.13.